The van der Waals surface area contributed by atoms with Crippen molar-refractivity contribution in [3.63, 3.8) is 0 Å². The summed E-state index contributed by atoms with van der Waals surface area (Å²) in [5, 5.41) is 0. The van der Waals surface area contributed by atoms with Crippen molar-refractivity contribution < 1.29 is 25.8 Å². The van der Waals surface area contributed by atoms with E-state index in [2.05, 4.69) is 31.8 Å². The van der Waals surface area contributed by atoms with Crippen LogP contribution < -0.4 is 0 Å². The molecule has 4 heteroatoms. The largest absolute Gasteiger partial charge is 0.479 e. The summed E-state index contributed by atoms with van der Waals surface area (Å²) in [7, 11) is 0. The van der Waals surface area contributed by atoms with Crippen LogP contribution in [0.3, 0.4) is 0 Å². The zero-order valence-corrected chi connectivity index (χ0v) is 9.18. The Morgan fingerprint density at radius 3 is 2.56 bits per heavy atom. The minimum absolute atomic E-state index is 0. The third-order valence-corrected chi connectivity index (χ3v) is 0.970. The van der Waals surface area contributed by atoms with E-state index in [1.165, 1.54) is 0 Å². The van der Waals surface area contributed by atoms with Crippen LogP contribution in [-0.4, -0.2) is 11.0 Å². The SMILES string of the molecule is CCCCOC(=S)S.[Pt]. The summed E-state index contributed by atoms with van der Waals surface area (Å²) >= 11 is 8.33. The third-order valence-electron chi connectivity index (χ3n) is 0.723. The fourth-order valence-electron chi connectivity index (χ4n) is 0.304. The van der Waals surface area contributed by atoms with Crippen LogP contribution in [0.2, 0.25) is 0 Å². The Bertz CT molecular complexity index is 77.4. The van der Waals surface area contributed by atoms with Crippen molar-refractivity contribution >= 4 is 29.2 Å². The maximum atomic E-state index is 4.88. The molecule has 0 fully saturated rings. The van der Waals surface area contributed by atoms with Crippen molar-refractivity contribution in [3.8, 4) is 0 Å². The first-order valence-electron chi connectivity index (χ1n) is 2.63. The summed E-state index contributed by atoms with van der Waals surface area (Å²) in [6, 6.07) is 0. The van der Waals surface area contributed by atoms with Crippen molar-refractivity contribution in [2.24, 2.45) is 0 Å². The Hall–Kier alpha value is 0.928. The molecular formula is C5H10OPtS2. The van der Waals surface area contributed by atoms with E-state index in [9.17, 15) is 0 Å². The van der Waals surface area contributed by atoms with Gasteiger partial charge in [0.25, 0.3) is 0 Å². The second-order valence-electron chi connectivity index (χ2n) is 1.47. The standard InChI is InChI=1S/C5H10OS2.Pt/c1-2-3-4-6-5(7)8;/h2-4H2,1H3,(H,7,8);. The van der Waals surface area contributed by atoms with Gasteiger partial charge in [-0.2, -0.15) is 0 Å². The molecule has 0 aliphatic carbocycles. The van der Waals surface area contributed by atoms with Gasteiger partial charge in [-0.1, -0.05) is 26.0 Å². The molecule has 0 saturated carbocycles. The van der Waals surface area contributed by atoms with Crippen LogP contribution in [0.25, 0.3) is 0 Å². The Labute approximate surface area is 81.2 Å². The maximum Gasteiger partial charge on any atom is 0.216 e. The molecule has 0 bridgehead atoms. The minimum Gasteiger partial charge on any atom is -0.479 e. The molecule has 0 aliphatic heterocycles. The van der Waals surface area contributed by atoms with Crippen molar-refractivity contribution in [2.75, 3.05) is 6.61 Å². The van der Waals surface area contributed by atoms with Crippen LogP contribution >= 0.6 is 24.8 Å². The maximum absolute atomic E-state index is 4.88. The molecule has 58 valence electrons. The smallest absolute Gasteiger partial charge is 0.216 e. The zero-order chi connectivity index (χ0) is 6.41. The summed E-state index contributed by atoms with van der Waals surface area (Å²) in [6.07, 6.45) is 2.19. The number of rotatable bonds is 3. The van der Waals surface area contributed by atoms with E-state index in [1.807, 2.05) is 0 Å². The van der Waals surface area contributed by atoms with Crippen LogP contribution in [-0.2, 0) is 25.8 Å². The van der Waals surface area contributed by atoms with E-state index in [1.54, 1.807) is 0 Å². The third kappa shape index (κ3) is 12.2. The van der Waals surface area contributed by atoms with Gasteiger partial charge in [0.05, 0.1) is 6.61 Å². The molecule has 0 spiro atoms. The fourth-order valence-corrected chi connectivity index (χ4v) is 0.478. The van der Waals surface area contributed by atoms with Crippen LogP contribution in [0, 0.1) is 0 Å². The molecule has 0 aromatic rings. The van der Waals surface area contributed by atoms with Crippen LogP contribution in [0.4, 0.5) is 0 Å². The van der Waals surface area contributed by atoms with Crippen LogP contribution in [0.5, 0.6) is 0 Å². The van der Waals surface area contributed by atoms with E-state index < -0.39 is 0 Å². The molecule has 0 saturated heterocycles. The molecule has 0 heterocycles. The molecule has 0 atom stereocenters. The van der Waals surface area contributed by atoms with Gasteiger partial charge >= 0.3 is 0 Å². The summed E-state index contributed by atoms with van der Waals surface area (Å²) in [5.41, 5.74) is 0. The molecule has 0 aliphatic rings. The molecule has 0 N–H and O–H groups in total. The minimum atomic E-state index is 0. The molecule has 0 unspecified atom stereocenters. The molecule has 0 aromatic heterocycles. The monoisotopic (exact) mass is 345 g/mol. The molecule has 0 radical (unpaired) electrons. The number of thiocarbonyl (C=S) groups is 1. The summed E-state index contributed by atoms with van der Waals surface area (Å²) < 4.78 is 5.22. The van der Waals surface area contributed by atoms with Crippen molar-refractivity contribution in [1.29, 1.82) is 0 Å². The van der Waals surface area contributed by atoms with Gasteiger partial charge in [-0.05, 0) is 18.6 Å². The number of hydrogen-bond acceptors (Lipinski definition) is 2. The van der Waals surface area contributed by atoms with Crippen LogP contribution in [0.15, 0.2) is 0 Å². The van der Waals surface area contributed by atoms with Crippen molar-refractivity contribution in [3.05, 3.63) is 0 Å². The van der Waals surface area contributed by atoms with E-state index in [0.717, 1.165) is 12.8 Å². The van der Waals surface area contributed by atoms with Crippen LogP contribution in [0.1, 0.15) is 19.8 Å². The second kappa shape index (κ2) is 8.93. The second-order valence-corrected chi connectivity index (χ2v) is 2.55. The molecule has 0 amide bonds. The van der Waals surface area contributed by atoms with Gasteiger partial charge in [0.15, 0.2) is 0 Å². The Kier molecular flexibility index (Phi) is 12.5. The van der Waals surface area contributed by atoms with Gasteiger partial charge in [0.2, 0.25) is 4.38 Å². The predicted octanol–water partition coefficient (Wildman–Crippen LogP) is 2.02. The summed E-state index contributed by atoms with van der Waals surface area (Å²) in [5.74, 6) is 0. The van der Waals surface area contributed by atoms with Gasteiger partial charge in [-0.25, -0.2) is 0 Å². The molecular weight excluding hydrogens is 335 g/mol. The van der Waals surface area contributed by atoms with E-state index in [0.29, 0.717) is 11.0 Å². The Morgan fingerprint density at radius 2 is 2.22 bits per heavy atom. The zero-order valence-electron chi connectivity index (χ0n) is 5.20. The van der Waals surface area contributed by atoms with Gasteiger partial charge in [0, 0.05) is 21.1 Å². The first-order chi connectivity index (χ1) is 3.77. The fraction of sp³-hybridized carbons (Fsp3) is 0.800. The molecule has 0 aromatic carbocycles. The molecule has 1 nitrogen and oxygen atoms in total. The van der Waals surface area contributed by atoms with Gasteiger partial charge in [0.1, 0.15) is 0 Å². The van der Waals surface area contributed by atoms with Gasteiger partial charge in [-0.3, -0.25) is 0 Å². The number of thiol groups is 1. The normalized spacial score (nSPS) is 7.78. The average Bonchev–Trinajstić information content (AvgIpc) is 1.66. The molecule has 9 heavy (non-hydrogen) atoms. The number of unbranched alkanes of at least 4 members (excludes halogenated alkanes) is 1. The summed E-state index contributed by atoms with van der Waals surface area (Å²) in [4.78, 5) is 0. The van der Waals surface area contributed by atoms with Gasteiger partial charge in [-0.15, -0.1) is 0 Å². The summed E-state index contributed by atoms with van der Waals surface area (Å²) in [6.45, 7) is 2.81. The first-order valence-corrected chi connectivity index (χ1v) is 3.48. The van der Waals surface area contributed by atoms with E-state index in [-0.39, 0.29) is 21.1 Å². The Balaban J connectivity index is 0. The molecule has 0 rings (SSSR count). The topological polar surface area (TPSA) is 9.23 Å². The van der Waals surface area contributed by atoms with Gasteiger partial charge < -0.3 is 4.74 Å². The van der Waals surface area contributed by atoms with E-state index in [4.69, 9.17) is 4.74 Å². The quantitative estimate of drug-likeness (QED) is 0.476. The average molecular weight is 345 g/mol. The van der Waals surface area contributed by atoms with Crippen molar-refractivity contribution in [2.45, 2.75) is 19.8 Å². The number of ether oxygens (including phenoxy) is 1. The number of hydrogen-bond donors (Lipinski definition) is 1. The Morgan fingerprint density at radius 1 is 1.67 bits per heavy atom. The first kappa shape index (κ1) is 12.6. The van der Waals surface area contributed by atoms with Crippen molar-refractivity contribution in [1.82, 2.24) is 0 Å². The predicted molar refractivity (Wildman–Crippen MR) is 42.4 cm³/mol. The van der Waals surface area contributed by atoms with E-state index >= 15 is 0 Å².